The summed E-state index contributed by atoms with van der Waals surface area (Å²) in [4.78, 5) is 23.3. The lowest BCUT2D eigenvalue weighted by atomic mass is 10.0. The molecule has 1 amide bonds. The SMILES string of the molecule is CCC(NC(=O)COc1ccc(C(C)=O)cc1)c1ccc(C)cc1. The first kappa shape index (κ1) is 17.7. The smallest absolute Gasteiger partial charge is 0.258 e. The molecule has 4 heteroatoms. The zero-order valence-electron chi connectivity index (χ0n) is 14.3. The number of nitrogens with one attached hydrogen (secondary N) is 1. The van der Waals surface area contributed by atoms with Gasteiger partial charge >= 0.3 is 0 Å². The summed E-state index contributed by atoms with van der Waals surface area (Å²) in [5.41, 5.74) is 2.90. The summed E-state index contributed by atoms with van der Waals surface area (Å²) in [7, 11) is 0. The van der Waals surface area contributed by atoms with Gasteiger partial charge in [0.15, 0.2) is 12.4 Å². The summed E-state index contributed by atoms with van der Waals surface area (Å²) in [5, 5.41) is 2.98. The van der Waals surface area contributed by atoms with Gasteiger partial charge in [0.1, 0.15) is 5.75 Å². The molecule has 1 unspecified atom stereocenters. The van der Waals surface area contributed by atoms with E-state index in [1.54, 1.807) is 24.3 Å². The molecule has 1 atom stereocenters. The van der Waals surface area contributed by atoms with Crippen LogP contribution < -0.4 is 10.1 Å². The molecule has 0 saturated heterocycles. The van der Waals surface area contributed by atoms with Crippen molar-refractivity contribution in [2.45, 2.75) is 33.2 Å². The molecule has 0 bridgehead atoms. The molecule has 24 heavy (non-hydrogen) atoms. The number of amides is 1. The molecule has 0 aliphatic rings. The summed E-state index contributed by atoms with van der Waals surface area (Å²) in [6.07, 6.45) is 0.808. The van der Waals surface area contributed by atoms with Crippen molar-refractivity contribution in [3.05, 3.63) is 65.2 Å². The third-order valence-corrected chi connectivity index (χ3v) is 3.85. The van der Waals surface area contributed by atoms with Crippen LogP contribution in [0.1, 0.15) is 47.8 Å². The summed E-state index contributed by atoms with van der Waals surface area (Å²) < 4.78 is 5.48. The van der Waals surface area contributed by atoms with Crippen LogP contribution >= 0.6 is 0 Å². The maximum atomic E-state index is 12.1. The van der Waals surface area contributed by atoms with Crippen LogP contribution in [0.4, 0.5) is 0 Å². The first-order valence-corrected chi connectivity index (χ1v) is 8.09. The van der Waals surface area contributed by atoms with Crippen molar-refractivity contribution in [3.8, 4) is 5.75 Å². The highest BCUT2D eigenvalue weighted by Gasteiger charge is 2.13. The van der Waals surface area contributed by atoms with Gasteiger partial charge in [-0.1, -0.05) is 36.8 Å². The summed E-state index contributed by atoms with van der Waals surface area (Å²) >= 11 is 0. The van der Waals surface area contributed by atoms with Crippen molar-refractivity contribution < 1.29 is 14.3 Å². The van der Waals surface area contributed by atoms with Crippen LogP contribution in [-0.4, -0.2) is 18.3 Å². The molecule has 2 aromatic carbocycles. The molecule has 0 aromatic heterocycles. The number of rotatable bonds is 7. The van der Waals surface area contributed by atoms with E-state index in [4.69, 9.17) is 4.74 Å². The van der Waals surface area contributed by atoms with Crippen molar-refractivity contribution in [2.24, 2.45) is 0 Å². The number of carbonyl (C=O) groups is 2. The van der Waals surface area contributed by atoms with Gasteiger partial charge in [-0.25, -0.2) is 0 Å². The Morgan fingerprint density at radius 3 is 2.21 bits per heavy atom. The maximum Gasteiger partial charge on any atom is 0.258 e. The van der Waals surface area contributed by atoms with Gasteiger partial charge in [-0.05, 0) is 50.1 Å². The minimum absolute atomic E-state index is 0.00294. The topological polar surface area (TPSA) is 55.4 Å². The minimum Gasteiger partial charge on any atom is -0.484 e. The number of aryl methyl sites for hydroxylation is 1. The van der Waals surface area contributed by atoms with Crippen molar-refractivity contribution in [2.75, 3.05) is 6.61 Å². The molecule has 0 radical (unpaired) electrons. The predicted octanol–water partition coefficient (Wildman–Crippen LogP) is 3.84. The highest BCUT2D eigenvalue weighted by Crippen LogP contribution is 2.17. The van der Waals surface area contributed by atoms with Crippen LogP contribution in [0.25, 0.3) is 0 Å². The first-order chi connectivity index (χ1) is 11.5. The summed E-state index contributed by atoms with van der Waals surface area (Å²) in [6, 6.07) is 14.9. The van der Waals surface area contributed by atoms with Crippen LogP contribution in [0.2, 0.25) is 0 Å². The molecule has 126 valence electrons. The van der Waals surface area contributed by atoms with E-state index in [9.17, 15) is 9.59 Å². The van der Waals surface area contributed by atoms with Gasteiger partial charge in [-0.2, -0.15) is 0 Å². The lowest BCUT2D eigenvalue weighted by molar-refractivity contribution is -0.123. The van der Waals surface area contributed by atoms with Crippen LogP contribution in [0.3, 0.4) is 0 Å². The fourth-order valence-corrected chi connectivity index (χ4v) is 2.39. The van der Waals surface area contributed by atoms with E-state index in [2.05, 4.69) is 5.32 Å². The van der Waals surface area contributed by atoms with Crippen molar-refractivity contribution in [1.82, 2.24) is 5.32 Å². The summed E-state index contributed by atoms with van der Waals surface area (Å²) in [6.45, 7) is 5.53. The molecule has 0 aliphatic carbocycles. The number of ether oxygens (including phenoxy) is 1. The molecule has 2 rings (SSSR count). The van der Waals surface area contributed by atoms with E-state index in [0.717, 1.165) is 12.0 Å². The fraction of sp³-hybridized carbons (Fsp3) is 0.300. The average molecular weight is 325 g/mol. The zero-order chi connectivity index (χ0) is 17.5. The Morgan fingerprint density at radius 2 is 1.67 bits per heavy atom. The second-order valence-electron chi connectivity index (χ2n) is 5.81. The van der Waals surface area contributed by atoms with Gasteiger partial charge in [-0.3, -0.25) is 9.59 Å². The Balaban J connectivity index is 1.89. The number of carbonyl (C=O) groups excluding carboxylic acids is 2. The Labute approximate surface area is 142 Å². The van der Waals surface area contributed by atoms with Gasteiger partial charge in [0, 0.05) is 5.56 Å². The van der Waals surface area contributed by atoms with E-state index in [0.29, 0.717) is 11.3 Å². The van der Waals surface area contributed by atoms with Gasteiger partial charge in [0.05, 0.1) is 6.04 Å². The molecule has 0 aliphatic heterocycles. The molecule has 4 nitrogen and oxygen atoms in total. The number of benzene rings is 2. The molecule has 0 saturated carbocycles. The second-order valence-corrected chi connectivity index (χ2v) is 5.81. The van der Waals surface area contributed by atoms with Crippen LogP contribution in [0.15, 0.2) is 48.5 Å². The average Bonchev–Trinajstić information content (AvgIpc) is 2.59. The highest BCUT2D eigenvalue weighted by molar-refractivity contribution is 5.94. The molecule has 2 aromatic rings. The number of hydrogen-bond acceptors (Lipinski definition) is 3. The monoisotopic (exact) mass is 325 g/mol. The molecule has 0 heterocycles. The Kier molecular flexibility index (Phi) is 6.13. The molecule has 0 fully saturated rings. The zero-order valence-corrected chi connectivity index (χ0v) is 14.3. The molecular formula is C20H23NO3. The van der Waals surface area contributed by atoms with E-state index in [1.165, 1.54) is 12.5 Å². The van der Waals surface area contributed by atoms with Crippen LogP contribution in [-0.2, 0) is 4.79 Å². The standard InChI is InChI=1S/C20H23NO3/c1-4-19(17-7-5-14(2)6-8-17)21-20(23)13-24-18-11-9-16(10-12-18)15(3)22/h5-12,19H,4,13H2,1-3H3,(H,21,23). The predicted molar refractivity (Wildman–Crippen MR) is 94.3 cm³/mol. The molecule has 1 N–H and O–H groups in total. The number of ketones is 1. The fourth-order valence-electron chi connectivity index (χ4n) is 2.39. The van der Waals surface area contributed by atoms with E-state index in [1.807, 2.05) is 38.1 Å². The lowest BCUT2D eigenvalue weighted by Crippen LogP contribution is -2.32. The van der Waals surface area contributed by atoms with Crippen LogP contribution in [0.5, 0.6) is 5.75 Å². The third-order valence-electron chi connectivity index (χ3n) is 3.85. The van der Waals surface area contributed by atoms with Gasteiger partial charge < -0.3 is 10.1 Å². The van der Waals surface area contributed by atoms with Crippen molar-refractivity contribution >= 4 is 11.7 Å². The van der Waals surface area contributed by atoms with Gasteiger partial charge in [0.25, 0.3) is 5.91 Å². The Morgan fingerprint density at radius 1 is 1.04 bits per heavy atom. The van der Waals surface area contributed by atoms with Crippen molar-refractivity contribution in [1.29, 1.82) is 0 Å². The van der Waals surface area contributed by atoms with Crippen molar-refractivity contribution in [3.63, 3.8) is 0 Å². The second kappa shape index (κ2) is 8.29. The largest absolute Gasteiger partial charge is 0.484 e. The maximum absolute atomic E-state index is 12.1. The lowest BCUT2D eigenvalue weighted by Gasteiger charge is -2.18. The normalized spacial score (nSPS) is 11.6. The highest BCUT2D eigenvalue weighted by atomic mass is 16.5. The van der Waals surface area contributed by atoms with Gasteiger partial charge in [-0.15, -0.1) is 0 Å². The van der Waals surface area contributed by atoms with E-state index in [-0.39, 0.29) is 24.3 Å². The molecule has 0 spiro atoms. The number of Topliss-reactive ketones (excluding diaryl/α,β-unsaturated/α-hetero) is 1. The number of hydrogen-bond donors (Lipinski definition) is 1. The van der Waals surface area contributed by atoms with Gasteiger partial charge in [0.2, 0.25) is 0 Å². The minimum atomic E-state index is -0.168. The molecular weight excluding hydrogens is 302 g/mol. The first-order valence-electron chi connectivity index (χ1n) is 8.09. The quantitative estimate of drug-likeness (QED) is 0.787. The summed E-state index contributed by atoms with van der Waals surface area (Å²) in [5.74, 6) is 0.403. The third kappa shape index (κ3) is 4.95. The van der Waals surface area contributed by atoms with E-state index >= 15 is 0 Å². The van der Waals surface area contributed by atoms with Crippen LogP contribution in [0, 0.1) is 6.92 Å². The Hall–Kier alpha value is -2.62. The Bertz CT molecular complexity index is 690. The van der Waals surface area contributed by atoms with E-state index < -0.39 is 0 Å².